The minimum atomic E-state index is -0.0300. The van der Waals surface area contributed by atoms with Gasteiger partial charge in [0, 0.05) is 17.6 Å². The monoisotopic (exact) mass is 317 g/mol. The van der Waals surface area contributed by atoms with Gasteiger partial charge in [-0.3, -0.25) is 4.79 Å². The highest BCUT2D eigenvalue weighted by Crippen LogP contribution is 2.23. The number of halogens is 2. The van der Waals surface area contributed by atoms with Crippen LogP contribution in [0, 0.1) is 0 Å². The minimum absolute atomic E-state index is 0.0300. The molecule has 5 heteroatoms. The summed E-state index contributed by atoms with van der Waals surface area (Å²) < 4.78 is 6.28. The zero-order valence-electron chi connectivity index (χ0n) is 9.45. The number of hydrogen-bond acceptors (Lipinski definition) is 2. The molecule has 1 aliphatic rings. The maximum absolute atomic E-state index is 12.2. The lowest BCUT2D eigenvalue weighted by Gasteiger charge is -2.31. The summed E-state index contributed by atoms with van der Waals surface area (Å²) in [5.41, 5.74) is 0.545. The fraction of sp³-hybridized carbons (Fsp3) is 0.417. The highest BCUT2D eigenvalue weighted by Gasteiger charge is 2.23. The molecule has 1 fully saturated rings. The third kappa shape index (κ3) is 3.00. The van der Waals surface area contributed by atoms with Gasteiger partial charge in [0.15, 0.2) is 0 Å². The van der Waals surface area contributed by atoms with Gasteiger partial charge in [0.25, 0.3) is 5.91 Å². The van der Waals surface area contributed by atoms with E-state index in [4.69, 9.17) is 16.3 Å². The average molecular weight is 319 g/mol. The number of ether oxygens (including phenoxy) is 1. The second-order valence-electron chi connectivity index (χ2n) is 4.06. The van der Waals surface area contributed by atoms with Gasteiger partial charge >= 0.3 is 0 Å². The molecule has 3 nitrogen and oxygen atoms in total. The van der Waals surface area contributed by atoms with Crippen molar-refractivity contribution in [2.45, 2.75) is 13.0 Å². The van der Waals surface area contributed by atoms with E-state index in [0.717, 1.165) is 4.47 Å². The van der Waals surface area contributed by atoms with E-state index >= 15 is 0 Å². The Labute approximate surface area is 114 Å². The Bertz CT molecular complexity index is 439. The molecular weight excluding hydrogens is 305 g/mol. The lowest BCUT2D eigenvalue weighted by atomic mass is 10.2. The lowest BCUT2D eigenvalue weighted by Crippen LogP contribution is -2.44. The van der Waals surface area contributed by atoms with Crippen molar-refractivity contribution in [1.29, 1.82) is 0 Å². The van der Waals surface area contributed by atoms with E-state index in [0.29, 0.717) is 30.3 Å². The fourth-order valence-corrected chi connectivity index (χ4v) is 2.59. The van der Waals surface area contributed by atoms with Crippen LogP contribution in [0.1, 0.15) is 17.3 Å². The van der Waals surface area contributed by atoms with Gasteiger partial charge in [-0.15, -0.1) is 0 Å². The highest BCUT2D eigenvalue weighted by atomic mass is 79.9. The summed E-state index contributed by atoms with van der Waals surface area (Å²) in [7, 11) is 0. The van der Waals surface area contributed by atoms with Gasteiger partial charge in [-0.05, 0) is 25.1 Å². The van der Waals surface area contributed by atoms with Gasteiger partial charge in [-0.1, -0.05) is 27.5 Å². The molecule has 1 atom stereocenters. The summed E-state index contributed by atoms with van der Waals surface area (Å²) in [6.07, 6.45) is 0.0851. The van der Waals surface area contributed by atoms with Crippen molar-refractivity contribution >= 4 is 33.4 Å². The smallest absolute Gasteiger partial charge is 0.255 e. The SMILES string of the molecule is CC1CN(C(=O)c2ccc(Br)cc2Cl)CCO1. The van der Waals surface area contributed by atoms with E-state index in [2.05, 4.69) is 15.9 Å². The third-order valence-corrected chi connectivity index (χ3v) is 3.50. The summed E-state index contributed by atoms with van der Waals surface area (Å²) >= 11 is 9.39. The van der Waals surface area contributed by atoms with Crippen LogP contribution in [-0.4, -0.2) is 36.6 Å². The van der Waals surface area contributed by atoms with Gasteiger partial charge in [-0.2, -0.15) is 0 Å². The summed E-state index contributed by atoms with van der Waals surface area (Å²) in [4.78, 5) is 14.0. The van der Waals surface area contributed by atoms with Crippen molar-refractivity contribution in [3.63, 3.8) is 0 Å². The molecule has 1 aromatic rings. The van der Waals surface area contributed by atoms with Crippen molar-refractivity contribution < 1.29 is 9.53 Å². The first-order valence-electron chi connectivity index (χ1n) is 5.44. The molecule has 1 amide bonds. The van der Waals surface area contributed by atoms with Gasteiger partial charge in [-0.25, -0.2) is 0 Å². The topological polar surface area (TPSA) is 29.5 Å². The number of hydrogen-bond donors (Lipinski definition) is 0. The zero-order valence-corrected chi connectivity index (χ0v) is 11.8. The third-order valence-electron chi connectivity index (χ3n) is 2.69. The first kappa shape index (κ1) is 12.9. The van der Waals surface area contributed by atoms with E-state index in [1.54, 1.807) is 17.0 Å². The molecule has 1 saturated heterocycles. The van der Waals surface area contributed by atoms with Crippen molar-refractivity contribution in [3.8, 4) is 0 Å². The summed E-state index contributed by atoms with van der Waals surface area (Å²) in [6, 6.07) is 5.30. The van der Waals surface area contributed by atoms with Crippen LogP contribution in [0.25, 0.3) is 0 Å². The molecule has 0 aliphatic carbocycles. The van der Waals surface area contributed by atoms with Crippen LogP contribution in [0.5, 0.6) is 0 Å². The first-order chi connectivity index (χ1) is 8.08. The summed E-state index contributed by atoms with van der Waals surface area (Å²) in [5, 5.41) is 0.475. The molecule has 1 heterocycles. The van der Waals surface area contributed by atoms with Gasteiger partial charge in [0.2, 0.25) is 0 Å². The Morgan fingerprint density at radius 3 is 3.00 bits per heavy atom. The Kier molecular flexibility index (Phi) is 4.07. The molecule has 1 unspecified atom stereocenters. The van der Waals surface area contributed by atoms with Crippen molar-refractivity contribution in [2.75, 3.05) is 19.7 Å². The van der Waals surface area contributed by atoms with E-state index in [9.17, 15) is 4.79 Å². The van der Waals surface area contributed by atoms with Crippen LogP contribution in [0.3, 0.4) is 0 Å². The van der Waals surface area contributed by atoms with Gasteiger partial charge in [0.1, 0.15) is 0 Å². The molecule has 1 aliphatic heterocycles. The van der Waals surface area contributed by atoms with Crippen LogP contribution in [0.4, 0.5) is 0 Å². The molecule has 0 bridgehead atoms. The quantitative estimate of drug-likeness (QED) is 0.797. The first-order valence-corrected chi connectivity index (χ1v) is 6.61. The lowest BCUT2D eigenvalue weighted by molar-refractivity contribution is -0.0124. The van der Waals surface area contributed by atoms with E-state index in [-0.39, 0.29) is 12.0 Å². The van der Waals surface area contributed by atoms with Gasteiger partial charge < -0.3 is 9.64 Å². The normalized spacial score (nSPS) is 20.4. The predicted octanol–water partition coefficient (Wildman–Crippen LogP) is 2.96. The van der Waals surface area contributed by atoms with Crippen molar-refractivity contribution in [3.05, 3.63) is 33.3 Å². The minimum Gasteiger partial charge on any atom is -0.375 e. The Balaban J connectivity index is 2.18. The fourth-order valence-electron chi connectivity index (χ4n) is 1.84. The zero-order chi connectivity index (χ0) is 12.4. The number of carbonyl (C=O) groups excluding carboxylic acids is 1. The Morgan fingerprint density at radius 1 is 1.59 bits per heavy atom. The molecule has 0 aromatic heterocycles. The van der Waals surface area contributed by atoms with E-state index in [1.807, 2.05) is 13.0 Å². The van der Waals surface area contributed by atoms with E-state index < -0.39 is 0 Å². The molecule has 1 aromatic carbocycles. The number of carbonyl (C=O) groups is 1. The molecule has 2 rings (SSSR count). The number of nitrogens with zero attached hydrogens (tertiary/aromatic N) is 1. The Morgan fingerprint density at radius 2 is 2.35 bits per heavy atom. The van der Waals surface area contributed by atoms with Crippen LogP contribution in [0.2, 0.25) is 5.02 Å². The molecule has 0 N–H and O–H groups in total. The molecule has 92 valence electrons. The molecule has 0 radical (unpaired) electrons. The van der Waals surface area contributed by atoms with Crippen LogP contribution in [-0.2, 0) is 4.74 Å². The van der Waals surface area contributed by atoms with Crippen LogP contribution >= 0.6 is 27.5 Å². The van der Waals surface area contributed by atoms with Crippen LogP contribution < -0.4 is 0 Å². The molecule has 0 spiro atoms. The second kappa shape index (κ2) is 5.38. The highest BCUT2D eigenvalue weighted by molar-refractivity contribution is 9.10. The maximum atomic E-state index is 12.2. The number of benzene rings is 1. The predicted molar refractivity (Wildman–Crippen MR) is 70.5 cm³/mol. The number of amides is 1. The summed E-state index contributed by atoms with van der Waals surface area (Å²) in [6.45, 7) is 3.78. The van der Waals surface area contributed by atoms with Crippen molar-refractivity contribution in [1.82, 2.24) is 4.90 Å². The second-order valence-corrected chi connectivity index (χ2v) is 5.38. The standard InChI is InChI=1S/C12H13BrClNO2/c1-8-7-15(4-5-17-8)12(16)10-3-2-9(13)6-11(10)14/h2-3,6,8H,4-5,7H2,1H3. The number of morpholine rings is 1. The van der Waals surface area contributed by atoms with Gasteiger partial charge in [0.05, 0.1) is 23.3 Å². The van der Waals surface area contributed by atoms with E-state index in [1.165, 1.54) is 0 Å². The molecular formula is C12H13BrClNO2. The maximum Gasteiger partial charge on any atom is 0.255 e. The Hall–Kier alpha value is -0.580. The summed E-state index contributed by atoms with van der Waals surface area (Å²) in [5.74, 6) is -0.0300. The molecule has 17 heavy (non-hydrogen) atoms. The number of rotatable bonds is 1. The van der Waals surface area contributed by atoms with Crippen molar-refractivity contribution in [2.24, 2.45) is 0 Å². The largest absolute Gasteiger partial charge is 0.375 e. The molecule has 0 saturated carbocycles. The average Bonchev–Trinajstić information content (AvgIpc) is 2.28. The van der Waals surface area contributed by atoms with Crippen LogP contribution in [0.15, 0.2) is 22.7 Å².